The molecule has 3 rings (SSSR count). The van der Waals surface area contributed by atoms with Crippen LogP contribution in [0.4, 0.5) is 5.69 Å². The van der Waals surface area contributed by atoms with Gasteiger partial charge >= 0.3 is 0 Å². The van der Waals surface area contributed by atoms with Gasteiger partial charge in [-0.2, -0.15) is 0 Å². The molecule has 1 aliphatic rings. The predicted molar refractivity (Wildman–Crippen MR) is 98.1 cm³/mol. The lowest BCUT2D eigenvalue weighted by atomic mass is 10.2. The van der Waals surface area contributed by atoms with Crippen LogP contribution in [0.3, 0.4) is 0 Å². The molecule has 136 valence electrons. The summed E-state index contributed by atoms with van der Waals surface area (Å²) < 4.78 is 11.0. The van der Waals surface area contributed by atoms with Gasteiger partial charge in [0.05, 0.1) is 25.7 Å². The Balaban J connectivity index is 1.41. The minimum atomic E-state index is -0.230. The van der Waals surface area contributed by atoms with Crippen LogP contribution < -0.4 is 15.0 Å². The summed E-state index contributed by atoms with van der Waals surface area (Å²) >= 11 is 0. The van der Waals surface area contributed by atoms with Gasteiger partial charge in [0.25, 0.3) is 5.91 Å². The number of ether oxygens (including phenoxy) is 2. The third-order valence-electron chi connectivity index (χ3n) is 4.07. The van der Waals surface area contributed by atoms with Gasteiger partial charge in [-0.15, -0.1) is 0 Å². The van der Waals surface area contributed by atoms with Crippen molar-refractivity contribution in [2.24, 2.45) is 0 Å². The van der Waals surface area contributed by atoms with Crippen molar-refractivity contribution >= 4 is 17.5 Å². The van der Waals surface area contributed by atoms with E-state index in [1.807, 2.05) is 60.7 Å². The van der Waals surface area contributed by atoms with Gasteiger partial charge in [-0.25, -0.2) is 0 Å². The molecule has 2 aromatic carbocycles. The molecule has 0 saturated carbocycles. The molecule has 0 spiro atoms. The molecule has 1 heterocycles. The SMILES string of the molecule is O=C(CCOc1ccccc1)NCC1CN(c2ccccc2)C(=O)CO1. The van der Waals surface area contributed by atoms with Crippen molar-refractivity contribution < 1.29 is 19.1 Å². The van der Waals surface area contributed by atoms with Crippen molar-refractivity contribution in [2.75, 3.05) is 31.2 Å². The molecular weight excluding hydrogens is 332 g/mol. The maximum Gasteiger partial charge on any atom is 0.253 e. The van der Waals surface area contributed by atoms with E-state index in [-0.39, 0.29) is 30.9 Å². The lowest BCUT2D eigenvalue weighted by molar-refractivity contribution is -0.129. The number of hydrogen-bond acceptors (Lipinski definition) is 4. The smallest absolute Gasteiger partial charge is 0.253 e. The van der Waals surface area contributed by atoms with Gasteiger partial charge in [-0.3, -0.25) is 9.59 Å². The number of benzene rings is 2. The Kier molecular flexibility index (Phi) is 6.22. The van der Waals surface area contributed by atoms with E-state index in [1.54, 1.807) is 4.90 Å². The zero-order chi connectivity index (χ0) is 18.2. The predicted octanol–water partition coefficient (Wildman–Crippen LogP) is 2.00. The van der Waals surface area contributed by atoms with Gasteiger partial charge in [-0.1, -0.05) is 36.4 Å². The number of amides is 2. The zero-order valence-corrected chi connectivity index (χ0v) is 14.5. The van der Waals surface area contributed by atoms with Crippen LogP contribution in [0.2, 0.25) is 0 Å². The molecule has 1 atom stereocenters. The first-order valence-electron chi connectivity index (χ1n) is 8.64. The fourth-order valence-electron chi connectivity index (χ4n) is 2.70. The third-order valence-corrected chi connectivity index (χ3v) is 4.07. The second kappa shape index (κ2) is 9.01. The second-order valence-electron chi connectivity index (χ2n) is 5.99. The highest BCUT2D eigenvalue weighted by atomic mass is 16.5. The molecule has 0 bridgehead atoms. The number of anilines is 1. The molecule has 0 radical (unpaired) electrons. The fourth-order valence-corrected chi connectivity index (χ4v) is 2.70. The fraction of sp³-hybridized carbons (Fsp3) is 0.300. The van der Waals surface area contributed by atoms with Crippen LogP contribution in [0.25, 0.3) is 0 Å². The number of rotatable bonds is 7. The van der Waals surface area contributed by atoms with Crippen LogP contribution >= 0.6 is 0 Å². The minimum Gasteiger partial charge on any atom is -0.493 e. The van der Waals surface area contributed by atoms with Crippen molar-refractivity contribution in [3.05, 3.63) is 60.7 Å². The molecular formula is C20H22N2O4. The monoisotopic (exact) mass is 354 g/mol. The first kappa shape index (κ1) is 17.9. The quantitative estimate of drug-likeness (QED) is 0.826. The van der Waals surface area contributed by atoms with Crippen LogP contribution in [0.5, 0.6) is 5.75 Å². The number of para-hydroxylation sites is 2. The van der Waals surface area contributed by atoms with Gasteiger partial charge in [0.2, 0.25) is 5.91 Å². The van der Waals surface area contributed by atoms with E-state index in [9.17, 15) is 9.59 Å². The summed E-state index contributed by atoms with van der Waals surface area (Å²) in [5.74, 6) is 0.565. The number of carbonyl (C=O) groups is 2. The average Bonchev–Trinajstić information content (AvgIpc) is 2.69. The van der Waals surface area contributed by atoms with E-state index in [1.165, 1.54) is 0 Å². The molecule has 6 heteroatoms. The van der Waals surface area contributed by atoms with Crippen molar-refractivity contribution in [1.29, 1.82) is 0 Å². The normalized spacial score (nSPS) is 17.0. The van der Waals surface area contributed by atoms with E-state index in [0.29, 0.717) is 19.7 Å². The van der Waals surface area contributed by atoms with Crippen molar-refractivity contribution in [1.82, 2.24) is 5.32 Å². The molecule has 1 unspecified atom stereocenters. The maximum atomic E-state index is 12.1. The summed E-state index contributed by atoms with van der Waals surface area (Å²) in [6, 6.07) is 18.8. The Bertz CT molecular complexity index is 721. The molecule has 1 saturated heterocycles. The number of nitrogens with zero attached hydrogens (tertiary/aromatic N) is 1. The Hall–Kier alpha value is -2.86. The first-order valence-corrected chi connectivity index (χ1v) is 8.64. The first-order chi connectivity index (χ1) is 12.7. The van der Waals surface area contributed by atoms with Crippen molar-refractivity contribution in [2.45, 2.75) is 12.5 Å². The summed E-state index contributed by atoms with van der Waals surface area (Å²) in [5.41, 5.74) is 0.841. The summed E-state index contributed by atoms with van der Waals surface area (Å²) in [6.07, 6.45) is 0.0371. The zero-order valence-electron chi connectivity index (χ0n) is 14.5. The molecule has 6 nitrogen and oxygen atoms in total. The highest BCUT2D eigenvalue weighted by Gasteiger charge is 2.27. The van der Waals surface area contributed by atoms with Crippen LogP contribution in [-0.2, 0) is 14.3 Å². The summed E-state index contributed by atoms with van der Waals surface area (Å²) in [7, 11) is 0. The van der Waals surface area contributed by atoms with E-state index < -0.39 is 0 Å². The molecule has 0 aliphatic carbocycles. The molecule has 0 aromatic heterocycles. The third kappa shape index (κ3) is 5.07. The second-order valence-corrected chi connectivity index (χ2v) is 5.99. The maximum absolute atomic E-state index is 12.1. The number of morpholine rings is 1. The van der Waals surface area contributed by atoms with Crippen LogP contribution in [0.1, 0.15) is 6.42 Å². The summed E-state index contributed by atoms with van der Waals surface area (Å²) in [6.45, 7) is 1.12. The van der Waals surface area contributed by atoms with Gasteiger partial charge in [-0.05, 0) is 24.3 Å². The van der Waals surface area contributed by atoms with Crippen molar-refractivity contribution in [3.8, 4) is 5.75 Å². The van der Waals surface area contributed by atoms with Crippen molar-refractivity contribution in [3.63, 3.8) is 0 Å². The lowest BCUT2D eigenvalue weighted by Gasteiger charge is -2.32. The Morgan fingerprint density at radius 2 is 1.81 bits per heavy atom. The van der Waals surface area contributed by atoms with Crippen LogP contribution in [-0.4, -0.2) is 44.2 Å². The van der Waals surface area contributed by atoms with Gasteiger partial charge in [0.15, 0.2) is 0 Å². The van der Waals surface area contributed by atoms with E-state index in [4.69, 9.17) is 9.47 Å². The number of hydrogen-bond donors (Lipinski definition) is 1. The van der Waals surface area contributed by atoms with E-state index >= 15 is 0 Å². The van der Waals surface area contributed by atoms with Gasteiger partial charge in [0.1, 0.15) is 12.4 Å². The van der Waals surface area contributed by atoms with Gasteiger partial charge < -0.3 is 19.7 Å². The molecule has 2 amide bonds. The minimum absolute atomic E-state index is 0.0204. The highest BCUT2D eigenvalue weighted by Crippen LogP contribution is 2.17. The number of carbonyl (C=O) groups excluding carboxylic acids is 2. The largest absolute Gasteiger partial charge is 0.493 e. The topological polar surface area (TPSA) is 67.9 Å². The molecule has 1 N–H and O–H groups in total. The molecule has 1 aliphatic heterocycles. The Morgan fingerprint density at radius 1 is 1.12 bits per heavy atom. The van der Waals surface area contributed by atoms with Crippen LogP contribution in [0.15, 0.2) is 60.7 Å². The molecule has 1 fully saturated rings. The van der Waals surface area contributed by atoms with E-state index in [0.717, 1.165) is 11.4 Å². The molecule has 26 heavy (non-hydrogen) atoms. The molecule has 2 aromatic rings. The average molecular weight is 354 g/mol. The van der Waals surface area contributed by atoms with Gasteiger partial charge in [0, 0.05) is 12.2 Å². The van der Waals surface area contributed by atoms with E-state index in [2.05, 4.69) is 5.32 Å². The Morgan fingerprint density at radius 3 is 2.54 bits per heavy atom. The van der Waals surface area contributed by atoms with Crippen LogP contribution in [0, 0.1) is 0 Å². The summed E-state index contributed by atoms with van der Waals surface area (Å²) in [4.78, 5) is 25.7. The number of nitrogens with one attached hydrogen (secondary N) is 1. The lowest BCUT2D eigenvalue weighted by Crippen LogP contribution is -2.50. The standard InChI is InChI=1S/C20H22N2O4/c23-19(11-12-25-17-9-5-2-6-10-17)21-13-18-14-22(20(24)15-26-18)16-7-3-1-4-8-16/h1-10,18H,11-15H2,(H,21,23). The highest BCUT2D eigenvalue weighted by molar-refractivity contribution is 5.95. The summed E-state index contributed by atoms with van der Waals surface area (Å²) in [5, 5.41) is 2.84. The Labute approximate surface area is 152 Å².